The zero-order valence-corrected chi connectivity index (χ0v) is 15.8. The number of carbonyl (C=O) groups is 1. The number of aryl methyl sites for hydroxylation is 2. The molecule has 0 saturated carbocycles. The molecule has 1 aromatic heterocycles. The van der Waals surface area contributed by atoms with Crippen molar-refractivity contribution < 1.29 is 9.18 Å². The van der Waals surface area contributed by atoms with E-state index in [1.807, 2.05) is 27.8 Å². The van der Waals surface area contributed by atoms with E-state index < -0.39 is 0 Å². The van der Waals surface area contributed by atoms with Crippen LogP contribution in [0.15, 0.2) is 24.3 Å². The highest BCUT2D eigenvalue weighted by Gasteiger charge is 2.26. The van der Waals surface area contributed by atoms with Gasteiger partial charge in [-0.05, 0) is 45.0 Å². The van der Waals surface area contributed by atoms with Gasteiger partial charge < -0.3 is 10.2 Å². The molecule has 26 heavy (non-hydrogen) atoms. The van der Waals surface area contributed by atoms with Crippen LogP contribution in [0, 0.1) is 19.7 Å². The van der Waals surface area contributed by atoms with Gasteiger partial charge in [0.1, 0.15) is 11.6 Å². The lowest BCUT2D eigenvalue weighted by Crippen LogP contribution is -2.53. The van der Waals surface area contributed by atoms with Crippen LogP contribution in [-0.2, 0) is 11.8 Å². The first-order chi connectivity index (χ1) is 12.4. The van der Waals surface area contributed by atoms with Gasteiger partial charge in [0.25, 0.3) is 0 Å². The largest absolute Gasteiger partial charge is 0.369 e. The molecule has 140 valence electrons. The second-order valence-corrected chi connectivity index (χ2v) is 6.85. The zero-order chi connectivity index (χ0) is 18.8. The van der Waals surface area contributed by atoms with Crippen LogP contribution in [0.1, 0.15) is 18.2 Å². The molecule has 2 aromatic rings. The highest BCUT2D eigenvalue weighted by atomic mass is 19.1. The molecule has 1 unspecified atom stereocenters. The number of anilines is 2. The minimum Gasteiger partial charge on any atom is -0.369 e. The number of nitrogens with zero attached hydrogens (tertiary/aromatic N) is 4. The second kappa shape index (κ2) is 7.45. The fraction of sp³-hybridized carbons (Fsp3) is 0.474. The van der Waals surface area contributed by atoms with Gasteiger partial charge in [-0.1, -0.05) is 0 Å². The number of hydrogen-bond donors (Lipinski definition) is 1. The van der Waals surface area contributed by atoms with Crippen LogP contribution in [0.5, 0.6) is 0 Å². The third-order valence-corrected chi connectivity index (χ3v) is 5.20. The van der Waals surface area contributed by atoms with Crippen molar-refractivity contribution in [2.75, 3.05) is 36.4 Å². The molecule has 0 radical (unpaired) electrons. The van der Waals surface area contributed by atoms with Gasteiger partial charge in [-0.25, -0.2) is 4.39 Å². The molecule has 1 fully saturated rings. The van der Waals surface area contributed by atoms with Crippen LogP contribution in [-0.4, -0.2) is 52.8 Å². The Morgan fingerprint density at radius 3 is 2.31 bits per heavy atom. The van der Waals surface area contributed by atoms with Crippen LogP contribution in [0.4, 0.5) is 15.9 Å². The molecule has 1 atom stereocenters. The first kappa shape index (κ1) is 18.4. The first-order valence-corrected chi connectivity index (χ1v) is 8.92. The number of rotatable bonds is 4. The molecule has 1 aliphatic rings. The van der Waals surface area contributed by atoms with Gasteiger partial charge in [0.2, 0.25) is 5.91 Å². The van der Waals surface area contributed by atoms with E-state index in [1.165, 1.54) is 12.1 Å². The van der Waals surface area contributed by atoms with Crippen molar-refractivity contribution in [1.82, 2.24) is 14.7 Å². The molecule has 1 amide bonds. The second-order valence-electron chi connectivity index (χ2n) is 6.85. The summed E-state index contributed by atoms with van der Waals surface area (Å²) in [6.07, 6.45) is 0. The summed E-state index contributed by atoms with van der Waals surface area (Å²) in [5.74, 6) is 0.508. The third-order valence-electron chi connectivity index (χ3n) is 5.20. The Labute approximate surface area is 153 Å². The van der Waals surface area contributed by atoms with Crippen molar-refractivity contribution in [2.45, 2.75) is 26.8 Å². The highest BCUT2D eigenvalue weighted by Crippen LogP contribution is 2.20. The molecule has 1 saturated heterocycles. The molecular weight excluding hydrogens is 333 g/mol. The number of piperazine rings is 1. The molecular formula is C19H26FN5O. The van der Waals surface area contributed by atoms with E-state index in [9.17, 15) is 9.18 Å². The van der Waals surface area contributed by atoms with Crippen molar-refractivity contribution in [3.8, 4) is 0 Å². The van der Waals surface area contributed by atoms with Gasteiger partial charge in [-0.2, -0.15) is 5.10 Å². The van der Waals surface area contributed by atoms with E-state index in [4.69, 9.17) is 0 Å². The molecule has 0 aliphatic carbocycles. The molecule has 3 rings (SSSR count). The topological polar surface area (TPSA) is 53.4 Å². The molecule has 0 bridgehead atoms. The molecule has 2 heterocycles. The Balaban J connectivity index is 1.58. The van der Waals surface area contributed by atoms with E-state index in [1.54, 1.807) is 16.8 Å². The van der Waals surface area contributed by atoms with Crippen molar-refractivity contribution >= 4 is 17.4 Å². The van der Waals surface area contributed by atoms with Gasteiger partial charge in [-0.15, -0.1) is 0 Å². The highest BCUT2D eigenvalue weighted by molar-refractivity contribution is 5.94. The lowest BCUT2D eigenvalue weighted by Gasteiger charge is -2.38. The Kier molecular flexibility index (Phi) is 5.27. The van der Waals surface area contributed by atoms with Crippen LogP contribution >= 0.6 is 0 Å². The van der Waals surface area contributed by atoms with Gasteiger partial charge in [-0.3, -0.25) is 14.4 Å². The van der Waals surface area contributed by atoms with E-state index in [2.05, 4.69) is 20.2 Å². The predicted octanol–water partition coefficient (Wildman–Crippen LogP) is 2.33. The fourth-order valence-electron chi connectivity index (χ4n) is 3.34. The maximum absolute atomic E-state index is 13.1. The number of aromatic nitrogens is 2. The van der Waals surface area contributed by atoms with Crippen molar-refractivity contribution in [2.24, 2.45) is 7.05 Å². The molecule has 6 nitrogen and oxygen atoms in total. The SMILES string of the molecule is Cc1nn(C)c(NC(=O)C(C)N2CCN(c3ccc(F)cc3)CC2)c1C. The van der Waals surface area contributed by atoms with Crippen LogP contribution in [0.2, 0.25) is 0 Å². The maximum atomic E-state index is 13.1. The predicted molar refractivity (Wildman–Crippen MR) is 101 cm³/mol. The average molecular weight is 359 g/mol. The number of benzene rings is 1. The summed E-state index contributed by atoms with van der Waals surface area (Å²) in [4.78, 5) is 17.1. The third kappa shape index (κ3) is 3.72. The number of nitrogens with one attached hydrogen (secondary N) is 1. The van der Waals surface area contributed by atoms with Crippen molar-refractivity contribution in [3.63, 3.8) is 0 Å². The monoisotopic (exact) mass is 359 g/mol. The smallest absolute Gasteiger partial charge is 0.242 e. The van der Waals surface area contributed by atoms with Crippen LogP contribution in [0.25, 0.3) is 0 Å². The summed E-state index contributed by atoms with van der Waals surface area (Å²) < 4.78 is 14.8. The van der Waals surface area contributed by atoms with Crippen LogP contribution < -0.4 is 10.2 Å². The minimum atomic E-state index is -0.224. The lowest BCUT2D eigenvalue weighted by atomic mass is 10.2. The number of halogens is 1. The van der Waals surface area contributed by atoms with E-state index >= 15 is 0 Å². The summed E-state index contributed by atoms with van der Waals surface area (Å²) in [6, 6.07) is 6.34. The van der Waals surface area contributed by atoms with E-state index in [0.29, 0.717) is 0 Å². The summed E-state index contributed by atoms with van der Waals surface area (Å²) in [5, 5.41) is 7.35. The van der Waals surface area contributed by atoms with Gasteiger partial charge in [0.05, 0.1) is 11.7 Å². The fourth-order valence-corrected chi connectivity index (χ4v) is 3.34. The van der Waals surface area contributed by atoms with E-state index in [-0.39, 0.29) is 17.8 Å². The Morgan fingerprint density at radius 2 is 1.77 bits per heavy atom. The van der Waals surface area contributed by atoms with Gasteiger partial charge in [0, 0.05) is 44.5 Å². The minimum absolute atomic E-state index is 0.0219. The maximum Gasteiger partial charge on any atom is 0.242 e. The van der Waals surface area contributed by atoms with Gasteiger partial charge in [0.15, 0.2) is 0 Å². The molecule has 1 N–H and O–H groups in total. The molecule has 1 aromatic carbocycles. The van der Waals surface area contributed by atoms with Crippen molar-refractivity contribution in [1.29, 1.82) is 0 Å². The number of amides is 1. The first-order valence-electron chi connectivity index (χ1n) is 8.92. The van der Waals surface area contributed by atoms with Gasteiger partial charge >= 0.3 is 0 Å². The summed E-state index contributed by atoms with van der Waals surface area (Å²) in [5.41, 5.74) is 2.93. The molecule has 7 heteroatoms. The van der Waals surface area contributed by atoms with Crippen LogP contribution in [0.3, 0.4) is 0 Å². The Morgan fingerprint density at radius 1 is 1.15 bits per heavy atom. The van der Waals surface area contributed by atoms with Crippen molar-refractivity contribution in [3.05, 3.63) is 41.3 Å². The number of carbonyl (C=O) groups excluding carboxylic acids is 1. The summed E-state index contributed by atoms with van der Waals surface area (Å²) >= 11 is 0. The quantitative estimate of drug-likeness (QED) is 0.910. The standard InChI is InChI=1S/C19H26FN5O/c1-13-14(2)22-23(4)18(13)21-19(26)15(3)24-9-11-25(12-10-24)17-7-5-16(20)6-8-17/h5-8,15H,9-12H2,1-4H3,(H,21,26). The zero-order valence-electron chi connectivity index (χ0n) is 15.8. The Bertz CT molecular complexity index is 778. The number of hydrogen-bond acceptors (Lipinski definition) is 4. The summed E-state index contributed by atoms with van der Waals surface area (Å²) in [6.45, 7) is 9.03. The Hall–Kier alpha value is -2.41. The van der Waals surface area contributed by atoms with E-state index in [0.717, 1.165) is 48.9 Å². The summed E-state index contributed by atoms with van der Waals surface area (Å²) in [7, 11) is 1.84. The lowest BCUT2D eigenvalue weighted by molar-refractivity contribution is -0.120. The average Bonchev–Trinajstić information content (AvgIpc) is 2.88. The molecule has 0 spiro atoms. The normalized spacial score (nSPS) is 16.6. The molecule has 1 aliphatic heterocycles.